The van der Waals surface area contributed by atoms with Gasteiger partial charge in [0.1, 0.15) is 5.39 Å². The van der Waals surface area contributed by atoms with Crippen LogP contribution in [0, 0.1) is 0 Å². The maximum absolute atomic E-state index is 12.6. The van der Waals surface area contributed by atoms with Crippen LogP contribution in [0.2, 0.25) is 0 Å². The van der Waals surface area contributed by atoms with E-state index in [0.29, 0.717) is 29.9 Å². The van der Waals surface area contributed by atoms with E-state index in [0.717, 1.165) is 31.6 Å². The highest BCUT2D eigenvalue weighted by Gasteiger charge is 2.29. The monoisotopic (exact) mass is 382 g/mol. The van der Waals surface area contributed by atoms with Crippen molar-refractivity contribution in [1.29, 1.82) is 0 Å². The number of nitrogens with zero attached hydrogens (tertiary/aromatic N) is 8. The zero-order chi connectivity index (χ0) is 19.4. The highest BCUT2D eigenvalue weighted by atomic mass is 16.2. The van der Waals surface area contributed by atoms with Crippen molar-refractivity contribution in [2.24, 2.45) is 14.1 Å². The molecule has 10 nitrogen and oxygen atoms in total. The molecule has 10 heteroatoms. The number of hydrogen-bond donors (Lipinski definition) is 0. The summed E-state index contributed by atoms with van der Waals surface area (Å²) >= 11 is 0. The first-order valence-electron chi connectivity index (χ1n) is 9.51. The number of aromatic nitrogens is 6. The van der Waals surface area contributed by atoms with Crippen molar-refractivity contribution in [2.75, 3.05) is 29.4 Å². The van der Waals surface area contributed by atoms with Gasteiger partial charge in [-0.15, -0.1) is 0 Å². The first-order valence-corrected chi connectivity index (χ1v) is 9.51. The van der Waals surface area contributed by atoms with Crippen LogP contribution in [-0.4, -0.2) is 54.7 Å². The number of hydrogen-bond acceptors (Lipinski definition) is 6. The highest BCUT2D eigenvalue weighted by molar-refractivity contribution is 5.95. The number of carbonyl (C=O) groups excluding carboxylic acids is 1. The molecule has 3 aromatic rings. The molecule has 2 fully saturated rings. The molecule has 0 N–H and O–H groups in total. The second-order valence-electron chi connectivity index (χ2n) is 7.50. The first kappa shape index (κ1) is 17.0. The third-order valence-electron chi connectivity index (χ3n) is 5.74. The molecule has 0 radical (unpaired) electrons. The number of rotatable bonds is 3. The summed E-state index contributed by atoms with van der Waals surface area (Å²) in [7, 11) is 3.53. The van der Waals surface area contributed by atoms with Crippen molar-refractivity contribution in [1.82, 2.24) is 29.1 Å². The van der Waals surface area contributed by atoms with Gasteiger partial charge in [-0.2, -0.15) is 15.2 Å². The van der Waals surface area contributed by atoms with E-state index >= 15 is 0 Å². The van der Waals surface area contributed by atoms with Gasteiger partial charge in [-0.1, -0.05) is 0 Å². The largest absolute Gasteiger partial charge is 0.340 e. The van der Waals surface area contributed by atoms with Gasteiger partial charge in [0.2, 0.25) is 11.9 Å². The summed E-state index contributed by atoms with van der Waals surface area (Å²) in [6, 6.07) is 0.172. The minimum Gasteiger partial charge on any atom is -0.340 e. The summed E-state index contributed by atoms with van der Waals surface area (Å²) in [5.41, 5.74) is 1.36. The number of carbonyl (C=O) groups is 1. The van der Waals surface area contributed by atoms with E-state index in [1.54, 1.807) is 40.6 Å². The van der Waals surface area contributed by atoms with E-state index in [4.69, 9.17) is 4.98 Å². The Kier molecular flexibility index (Phi) is 3.74. The number of fused-ring (bicyclic) bond motifs is 1. The second kappa shape index (κ2) is 6.18. The van der Waals surface area contributed by atoms with Gasteiger partial charge in [0.05, 0.1) is 24.1 Å². The molecular weight excluding hydrogens is 360 g/mol. The van der Waals surface area contributed by atoms with Crippen LogP contribution in [0.1, 0.15) is 25.3 Å². The fraction of sp³-hybridized carbons (Fsp3) is 0.500. The zero-order valence-electron chi connectivity index (χ0n) is 15.9. The Hall–Kier alpha value is -3.17. The van der Waals surface area contributed by atoms with Gasteiger partial charge in [-0.05, 0) is 12.8 Å². The van der Waals surface area contributed by atoms with Gasteiger partial charge in [0, 0.05) is 46.3 Å². The molecule has 5 rings (SSSR count). The average Bonchev–Trinajstić information content (AvgIpc) is 3.45. The molecule has 2 aliphatic rings. The van der Waals surface area contributed by atoms with Gasteiger partial charge in [-0.3, -0.25) is 23.5 Å². The van der Waals surface area contributed by atoms with Gasteiger partial charge >= 0.3 is 0 Å². The molecule has 1 atom stereocenters. The number of anilines is 2. The van der Waals surface area contributed by atoms with Gasteiger partial charge in [0.15, 0.2) is 5.65 Å². The number of aryl methyl sites for hydroxylation is 1. The molecular formula is C18H22N8O2. The maximum Gasteiger partial charge on any atom is 0.265 e. The summed E-state index contributed by atoms with van der Waals surface area (Å²) in [5.74, 6) is 0.807. The number of amides is 1. The summed E-state index contributed by atoms with van der Waals surface area (Å²) in [6.07, 6.45) is 7.69. The van der Waals surface area contributed by atoms with Crippen LogP contribution in [0.15, 0.2) is 23.4 Å². The van der Waals surface area contributed by atoms with Gasteiger partial charge < -0.3 is 9.80 Å². The Labute approximate surface area is 161 Å². The Morgan fingerprint density at radius 3 is 2.75 bits per heavy atom. The standard InChI is InChI=1S/C18H22N8O2/c1-22-17(28)14-9-19-23(2)16(14)21-18(22)24-7-5-12(10-24)26-11-13(8-20-26)25-6-3-4-15(25)27/h8-9,11-12H,3-7,10H2,1-2H3. The Balaban J connectivity index is 1.41. The zero-order valence-corrected chi connectivity index (χ0v) is 15.9. The SMILES string of the molecule is Cn1c(N2CCC(n3cc(N4CCCC4=O)cn3)C2)nc2c(cnn2C)c1=O. The molecule has 0 aliphatic carbocycles. The van der Waals surface area contributed by atoms with Crippen molar-refractivity contribution >= 4 is 28.6 Å². The topological polar surface area (TPSA) is 94.1 Å². The van der Waals surface area contributed by atoms with Crippen LogP contribution in [0.25, 0.3) is 11.0 Å². The lowest BCUT2D eigenvalue weighted by Gasteiger charge is -2.20. The van der Waals surface area contributed by atoms with Crippen LogP contribution in [-0.2, 0) is 18.9 Å². The summed E-state index contributed by atoms with van der Waals surface area (Å²) in [6.45, 7) is 2.25. The quantitative estimate of drug-likeness (QED) is 0.653. The Morgan fingerprint density at radius 2 is 1.96 bits per heavy atom. The van der Waals surface area contributed by atoms with Crippen LogP contribution in [0.5, 0.6) is 0 Å². The Bertz CT molecular complexity index is 1130. The minimum atomic E-state index is -0.0922. The molecule has 1 unspecified atom stereocenters. The molecule has 0 aromatic carbocycles. The molecule has 2 aliphatic heterocycles. The molecule has 0 saturated carbocycles. The van der Waals surface area contributed by atoms with Crippen LogP contribution in [0.3, 0.4) is 0 Å². The van der Waals surface area contributed by atoms with Crippen molar-refractivity contribution in [3.63, 3.8) is 0 Å². The van der Waals surface area contributed by atoms with Gasteiger partial charge in [-0.25, -0.2) is 0 Å². The van der Waals surface area contributed by atoms with E-state index in [1.165, 1.54) is 0 Å². The normalized spacial score (nSPS) is 20.1. The molecule has 28 heavy (non-hydrogen) atoms. The molecule has 0 spiro atoms. The maximum atomic E-state index is 12.6. The average molecular weight is 382 g/mol. The molecule has 146 valence electrons. The molecule has 1 amide bonds. The van der Waals surface area contributed by atoms with E-state index in [9.17, 15) is 9.59 Å². The van der Waals surface area contributed by atoms with Crippen molar-refractivity contribution in [3.8, 4) is 0 Å². The molecule has 5 heterocycles. The molecule has 0 bridgehead atoms. The predicted molar refractivity (Wildman–Crippen MR) is 103 cm³/mol. The third kappa shape index (κ3) is 2.51. The predicted octanol–water partition coefficient (Wildman–Crippen LogP) is 0.442. The Morgan fingerprint density at radius 1 is 1.11 bits per heavy atom. The van der Waals surface area contributed by atoms with E-state index in [2.05, 4.69) is 15.1 Å². The van der Waals surface area contributed by atoms with E-state index in [1.807, 2.05) is 10.9 Å². The summed E-state index contributed by atoms with van der Waals surface area (Å²) in [5, 5.41) is 9.17. The lowest BCUT2D eigenvalue weighted by atomic mass is 10.3. The smallest absolute Gasteiger partial charge is 0.265 e. The summed E-state index contributed by atoms with van der Waals surface area (Å²) in [4.78, 5) is 33.2. The lowest BCUT2D eigenvalue weighted by Crippen LogP contribution is -2.30. The fourth-order valence-corrected chi connectivity index (χ4v) is 4.17. The first-order chi connectivity index (χ1) is 13.5. The minimum absolute atomic E-state index is 0.0922. The van der Waals surface area contributed by atoms with Gasteiger partial charge in [0.25, 0.3) is 5.56 Å². The lowest BCUT2D eigenvalue weighted by molar-refractivity contribution is -0.117. The van der Waals surface area contributed by atoms with E-state index in [-0.39, 0.29) is 17.5 Å². The summed E-state index contributed by atoms with van der Waals surface area (Å²) < 4.78 is 5.14. The fourth-order valence-electron chi connectivity index (χ4n) is 4.17. The van der Waals surface area contributed by atoms with Crippen LogP contribution in [0.4, 0.5) is 11.6 Å². The van der Waals surface area contributed by atoms with Crippen molar-refractivity contribution < 1.29 is 4.79 Å². The highest BCUT2D eigenvalue weighted by Crippen LogP contribution is 2.28. The third-order valence-corrected chi connectivity index (χ3v) is 5.74. The van der Waals surface area contributed by atoms with Crippen LogP contribution >= 0.6 is 0 Å². The second-order valence-corrected chi connectivity index (χ2v) is 7.50. The van der Waals surface area contributed by atoms with Crippen molar-refractivity contribution in [3.05, 3.63) is 28.9 Å². The van der Waals surface area contributed by atoms with Crippen LogP contribution < -0.4 is 15.4 Å². The molecule has 2 saturated heterocycles. The van der Waals surface area contributed by atoms with Crippen molar-refractivity contribution in [2.45, 2.75) is 25.3 Å². The van der Waals surface area contributed by atoms with E-state index < -0.39 is 0 Å². The molecule has 3 aromatic heterocycles.